The summed E-state index contributed by atoms with van der Waals surface area (Å²) in [5, 5.41) is 0. The molecule has 0 aliphatic heterocycles. The summed E-state index contributed by atoms with van der Waals surface area (Å²) in [6.45, 7) is 0. The Labute approximate surface area is 98.7 Å². The second-order valence-electron chi connectivity index (χ2n) is 3.52. The maximum atomic E-state index is 13.2. The number of alkyl halides is 3. The van der Waals surface area contributed by atoms with Crippen LogP contribution in [-0.2, 0) is 0 Å². The summed E-state index contributed by atoms with van der Waals surface area (Å²) in [4.78, 5) is 11.1. The number of ketones is 1. The molecule has 2 rings (SSSR count). The third kappa shape index (κ3) is 1.64. The summed E-state index contributed by atoms with van der Waals surface area (Å²) in [5.41, 5.74) is -6.21. The average Bonchev–Trinajstić information content (AvgIpc) is 2.57. The molecule has 0 amide bonds. The molecule has 0 atom stereocenters. The van der Waals surface area contributed by atoms with Crippen LogP contribution in [0, 0.1) is 23.3 Å². The lowest BCUT2D eigenvalue weighted by Gasteiger charge is -2.11. The van der Waals surface area contributed by atoms with E-state index in [9.17, 15) is 39.9 Å². The molecule has 0 heterocycles. The number of halogens is 8. The molecule has 1 aromatic carbocycles. The van der Waals surface area contributed by atoms with Crippen LogP contribution in [0.1, 0.15) is 15.9 Å². The minimum Gasteiger partial charge on any atom is -0.286 e. The minimum absolute atomic E-state index is 1.80. The molecule has 0 radical (unpaired) electrons. The first-order valence-electron chi connectivity index (χ1n) is 4.47. The van der Waals surface area contributed by atoms with E-state index in [2.05, 4.69) is 0 Å². The zero-order valence-corrected chi connectivity index (χ0v) is 8.43. The van der Waals surface area contributed by atoms with E-state index in [-0.39, 0.29) is 0 Å². The largest absolute Gasteiger partial charge is 0.420 e. The van der Waals surface area contributed by atoms with E-state index >= 15 is 0 Å². The van der Waals surface area contributed by atoms with Gasteiger partial charge in [0.2, 0.25) is 5.78 Å². The second-order valence-corrected chi connectivity index (χ2v) is 3.52. The number of carbonyl (C=O) groups excluding carboxylic acids is 1. The third-order valence-electron chi connectivity index (χ3n) is 2.45. The van der Waals surface area contributed by atoms with Crippen molar-refractivity contribution in [2.75, 3.05) is 0 Å². The molecule has 1 nitrogen and oxygen atoms in total. The van der Waals surface area contributed by atoms with Gasteiger partial charge in [-0.25, -0.2) is 22.0 Å². The highest BCUT2D eigenvalue weighted by Gasteiger charge is 2.50. The zero-order valence-electron chi connectivity index (χ0n) is 8.43. The van der Waals surface area contributed by atoms with Gasteiger partial charge in [-0.2, -0.15) is 13.2 Å². The van der Waals surface area contributed by atoms with Gasteiger partial charge in [-0.15, -0.1) is 0 Å². The Morgan fingerprint density at radius 1 is 0.684 bits per heavy atom. The van der Waals surface area contributed by atoms with Crippen LogP contribution in [0.3, 0.4) is 0 Å². The van der Waals surface area contributed by atoms with Crippen molar-refractivity contribution >= 4 is 11.4 Å². The Hall–Kier alpha value is -1.93. The quantitative estimate of drug-likeness (QED) is 0.404. The first-order valence-corrected chi connectivity index (χ1v) is 4.47. The Morgan fingerprint density at radius 3 is 1.53 bits per heavy atom. The summed E-state index contributed by atoms with van der Waals surface area (Å²) in [6, 6.07) is 0. The molecule has 1 aliphatic carbocycles. The fraction of sp³-hybridized carbons (Fsp3) is 0.100. The van der Waals surface area contributed by atoms with Crippen LogP contribution in [0.5, 0.6) is 0 Å². The van der Waals surface area contributed by atoms with E-state index in [1.54, 1.807) is 0 Å². The van der Waals surface area contributed by atoms with Gasteiger partial charge in [0.15, 0.2) is 29.1 Å². The normalized spacial score (nSPS) is 15.3. The maximum Gasteiger partial charge on any atom is 0.420 e. The predicted molar refractivity (Wildman–Crippen MR) is 44.7 cm³/mol. The van der Waals surface area contributed by atoms with Crippen LogP contribution in [0.2, 0.25) is 0 Å². The lowest BCUT2D eigenvalue weighted by molar-refractivity contribution is -0.0699. The number of fused-ring (bicyclic) bond motifs is 1. The monoisotopic (exact) mass is 288 g/mol. The van der Waals surface area contributed by atoms with Crippen molar-refractivity contribution in [1.29, 1.82) is 0 Å². The lowest BCUT2D eigenvalue weighted by Crippen LogP contribution is -2.14. The fourth-order valence-corrected chi connectivity index (χ4v) is 1.68. The highest BCUT2D eigenvalue weighted by molar-refractivity contribution is 6.20. The van der Waals surface area contributed by atoms with E-state index < -0.39 is 57.8 Å². The molecule has 0 saturated carbocycles. The number of Topliss-reactive ketones (excluding diaryl/α,β-unsaturated/α-hetero) is 1. The van der Waals surface area contributed by atoms with Crippen molar-refractivity contribution in [3.8, 4) is 0 Å². The van der Waals surface area contributed by atoms with Gasteiger partial charge in [-0.3, -0.25) is 4.79 Å². The van der Waals surface area contributed by atoms with Crippen molar-refractivity contribution in [2.24, 2.45) is 0 Å². The summed E-state index contributed by atoms with van der Waals surface area (Å²) < 4.78 is 103. The minimum atomic E-state index is -5.57. The molecule has 0 N–H and O–H groups in total. The van der Waals surface area contributed by atoms with Crippen LogP contribution in [0.25, 0.3) is 5.57 Å². The number of allylic oxidation sites excluding steroid dienone is 2. The van der Waals surface area contributed by atoms with Crippen molar-refractivity contribution in [1.82, 2.24) is 0 Å². The molecule has 1 aliphatic rings. The molecule has 1 aromatic rings. The summed E-state index contributed by atoms with van der Waals surface area (Å²) in [7, 11) is 0. The van der Waals surface area contributed by atoms with Crippen molar-refractivity contribution in [3.05, 3.63) is 40.2 Å². The SMILES string of the molecule is O=C1C(F)=C(C(F)(F)F)c2c(F)c(F)c(F)c(F)c21. The van der Waals surface area contributed by atoms with Crippen LogP contribution in [0.4, 0.5) is 35.1 Å². The van der Waals surface area contributed by atoms with Crippen molar-refractivity contribution < 1.29 is 39.9 Å². The average molecular weight is 288 g/mol. The lowest BCUT2D eigenvalue weighted by atomic mass is 10.0. The molecule has 0 aromatic heterocycles. The topological polar surface area (TPSA) is 17.1 Å². The van der Waals surface area contributed by atoms with Crippen LogP contribution in [-0.4, -0.2) is 12.0 Å². The van der Waals surface area contributed by atoms with Crippen LogP contribution >= 0.6 is 0 Å². The van der Waals surface area contributed by atoms with E-state index in [4.69, 9.17) is 0 Å². The standard InChI is InChI=1S/C10F8O/c11-4-1-2(5(12)8(15)7(4)14)9(19)6(13)3(1)10(16,17)18. The Balaban J connectivity index is 2.95. The molecule has 0 bridgehead atoms. The second kappa shape index (κ2) is 3.78. The number of benzene rings is 1. The zero-order chi connectivity index (χ0) is 14.7. The Bertz CT molecular complexity index is 640. The number of carbonyl (C=O) groups is 1. The van der Waals surface area contributed by atoms with Gasteiger partial charge >= 0.3 is 6.18 Å². The van der Waals surface area contributed by atoms with E-state index in [0.717, 1.165) is 0 Å². The van der Waals surface area contributed by atoms with Crippen LogP contribution < -0.4 is 0 Å². The number of hydrogen-bond donors (Lipinski definition) is 0. The van der Waals surface area contributed by atoms with Gasteiger partial charge in [0.05, 0.1) is 5.56 Å². The van der Waals surface area contributed by atoms with Crippen LogP contribution in [0.15, 0.2) is 5.83 Å². The first kappa shape index (κ1) is 13.5. The highest BCUT2D eigenvalue weighted by atomic mass is 19.4. The Kier molecular flexibility index (Phi) is 2.69. The maximum absolute atomic E-state index is 13.2. The van der Waals surface area contributed by atoms with Gasteiger partial charge < -0.3 is 0 Å². The summed E-state index contributed by atoms with van der Waals surface area (Å²) in [6.07, 6.45) is -5.57. The molecule has 102 valence electrons. The smallest absolute Gasteiger partial charge is 0.286 e. The fourth-order valence-electron chi connectivity index (χ4n) is 1.68. The van der Waals surface area contributed by atoms with E-state index in [0.29, 0.717) is 0 Å². The molecule has 0 unspecified atom stereocenters. The van der Waals surface area contributed by atoms with Gasteiger partial charge in [-0.1, -0.05) is 0 Å². The Morgan fingerprint density at radius 2 is 1.11 bits per heavy atom. The van der Waals surface area contributed by atoms with Gasteiger partial charge in [0, 0.05) is 5.56 Å². The molecule has 9 heteroatoms. The van der Waals surface area contributed by atoms with Crippen molar-refractivity contribution in [3.63, 3.8) is 0 Å². The van der Waals surface area contributed by atoms with Gasteiger partial charge in [-0.05, 0) is 0 Å². The predicted octanol–water partition coefficient (Wildman–Crippen LogP) is 3.68. The van der Waals surface area contributed by atoms with Gasteiger partial charge in [0.25, 0.3) is 0 Å². The highest BCUT2D eigenvalue weighted by Crippen LogP contribution is 2.46. The van der Waals surface area contributed by atoms with E-state index in [1.165, 1.54) is 0 Å². The summed E-state index contributed by atoms with van der Waals surface area (Å²) >= 11 is 0. The van der Waals surface area contributed by atoms with E-state index in [1.807, 2.05) is 0 Å². The molecule has 0 saturated heterocycles. The number of rotatable bonds is 0. The molecular formula is C10F8O. The number of hydrogen-bond acceptors (Lipinski definition) is 1. The first-order chi connectivity index (χ1) is 8.59. The molecule has 0 spiro atoms. The molecule has 19 heavy (non-hydrogen) atoms. The third-order valence-corrected chi connectivity index (χ3v) is 2.45. The molecule has 0 fully saturated rings. The van der Waals surface area contributed by atoms with Gasteiger partial charge in [0.1, 0.15) is 5.57 Å². The summed E-state index contributed by atoms with van der Waals surface area (Å²) in [5.74, 6) is -14.6. The van der Waals surface area contributed by atoms with Crippen molar-refractivity contribution in [2.45, 2.75) is 6.18 Å². The molecular weight excluding hydrogens is 288 g/mol.